The number of hydrogen-bond acceptors (Lipinski definition) is 5. The van der Waals surface area contributed by atoms with Crippen LogP contribution in [0.1, 0.15) is 11.1 Å². The molecule has 2 rings (SSSR count). The van der Waals surface area contributed by atoms with Gasteiger partial charge in [0.2, 0.25) is 0 Å². The van der Waals surface area contributed by atoms with Gasteiger partial charge in [0.15, 0.2) is 0 Å². The molecule has 0 radical (unpaired) electrons. The van der Waals surface area contributed by atoms with Gasteiger partial charge < -0.3 is 15.5 Å². The first-order valence-electron chi connectivity index (χ1n) is 4.59. The van der Waals surface area contributed by atoms with Crippen molar-refractivity contribution < 1.29 is 4.42 Å². The Morgan fingerprint density at radius 2 is 1.87 bits per heavy atom. The van der Waals surface area contributed by atoms with E-state index in [4.69, 9.17) is 10.2 Å². The zero-order valence-electron chi connectivity index (χ0n) is 8.61. The zero-order chi connectivity index (χ0) is 10.8. The van der Waals surface area contributed by atoms with Crippen molar-refractivity contribution in [2.45, 2.75) is 13.8 Å². The van der Waals surface area contributed by atoms with Gasteiger partial charge in [0.25, 0.3) is 0 Å². The Hall–Kier alpha value is -2.04. The molecule has 78 valence electrons. The van der Waals surface area contributed by atoms with Crippen LogP contribution in [0.15, 0.2) is 22.6 Å². The van der Waals surface area contributed by atoms with Crippen molar-refractivity contribution in [2.75, 3.05) is 11.1 Å². The van der Waals surface area contributed by atoms with Crippen LogP contribution in [0.5, 0.6) is 0 Å². The summed E-state index contributed by atoms with van der Waals surface area (Å²) in [6.45, 7) is 4.02. The van der Waals surface area contributed by atoms with Crippen LogP contribution in [-0.4, -0.2) is 10.2 Å². The van der Waals surface area contributed by atoms with Crippen LogP contribution >= 0.6 is 0 Å². The van der Waals surface area contributed by atoms with Crippen LogP contribution in [-0.2, 0) is 0 Å². The first-order chi connectivity index (χ1) is 7.16. The van der Waals surface area contributed by atoms with Gasteiger partial charge in [0, 0.05) is 5.69 Å². The van der Waals surface area contributed by atoms with Crippen molar-refractivity contribution in [2.24, 2.45) is 0 Å². The van der Waals surface area contributed by atoms with E-state index >= 15 is 0 Å². The third kappa shape index (κ3) is 1.90. The lowest BCUT2D eigenvalue weighted by Crippen LogP contribution is -1.95. The third-order valence-electron chi connectivity index (χ3n) is 2.15. The number of nitrogens with one attached hydrogen (secondary N) is 1. The van der Waals surface area contributed by atoms with E-state index in [9.17, 15) is 0 Å². The predicted molar refractivity (Wildman–Crippen MR) is 57.9 cm³/mol. The highest BCUT2D eigenvalue weighted by molar-refractivity contribution is 5.61. The lowest BCUT2D eigenvalue weighted by molar-refractivity contribution is 0.593. The molecular formula is C10H12N4O. The second-order valence-electron chi connectivity index (χ2n) is 3.34. The molecule has 15 heavy (non-hydrogen) atoms. The SMILES string of the molecule is Cc1cccc(C)c1Nc1nnc(N)o1. The van der Waals surface area contributed by atoms with Crippen LogP contribution in [0.4, 0.5) is 17.7 Å². The Balaban J connectivity index is 2.31. The summed E-state index contributed by atoms with van der Waals surface area (Å²) >= 11 is 0. The first-order valence-corrected chi connectivity index (χ1v) is 4.59. The molecule has 0 atom stereocenters. The number of anilines is 3. The summed E-state index contributed by atoms with van der Waals surface area (Å²) < 4.78 is 5.04. The molecular weight excluding hydrogens is 192 g/mol. The number of aromatic nitrogens is 2. The molecule has 1 aromatic carbocycles. The second kappa shape index (κ2) is 3.61. The summed E-state index contributed by atoms with van der Waals surface area (Å²) in [6.07, 6.45) is 0. The summed E-state index contributed by atoms with van der Waals surface area (Å²) in [5, 5.41) is 10.4. The Kier molecular flexibility index (Phi) is 2.29. The van der Waals surface area contributed by atoms with Crippen LogP contribution in [0, 0.1) is 13.8 Å². The average Bonchev–Trinajstić information content (AvgIpc) is 2.58. The molecule has 0 aliphatic heterocycles. The van der Waals surface area contributed by atoms with Gasteiger partial charge in [-0.25, -0.2) is 0 Å². The van der Waals surface area contributed by atoms with E-state index in [-0.39, 0.29) is 6.01 Å². The maximum Gasteiger partial charge on any atom is 0.321 e. The summed E-state index contributed by atoms with van der Waals surface area (Å²) in [4.78, 5) is 0. The molecule has 0 aliphatic rings. The van der Waals surface area contributed by atoms with Crippen LogP contribution in [0.2, 0.25) is 0 Å². The van der Waals surface area contributed by atoms with Gasteiger partial charge >= 0.3 is 12.0 Å². The molecule has 5 nitrogen and oxygen atoms in total. The van der Waals surface area contributed by atoms with E-state index < -0.39 is 0 Å². The summed E-state index contributed by atoms with van der Waals surface area (Å²) in [5.41, 5.74) is 8.54. The summed E-state index contributed by atoms with van der Waals surface area (Å²) in [5.74, 6) is 0. The molecule has 0 unspecified atom stereocenters. The lowest BCUT2D eigenvalue weighted by Gasteiger charge is -2.08. The van der Waals surface area contributed by atoms with Gasteiger partial charge in [0.05, 0.1) is 0 Å². The molecule has 0 saturated heterocycles. The van der Waals surface area contributed by atoms with Gasteiger partial charge in [-0.15, -0.1) is 0 Å². The predicted octanol–water partition coefficient (Wildman–Crippen LogP) is 2.01. The van der Waals surface area contributed by atoms with Crippen molar-refractivity contribution in [3.8, 4) is 0 Å². The standard InChI is InChI=1S/C10H12N4O/c1-6-4-3-5-7(2)8(6)12-10-14-13-9(11)15-10/h3-5H,1-2H3,(H2,11,13)(H,12,14). The van der Waals surface area contributed by atoms with Crippen molar-refractivity contribution in [3.63, 3.8) is 0 Å². The van der Waals surface area contributed by atoms with Gasteiger partial charge in [0.1, 0.15) is 0 Å². The Bertz CT molecular complexity index is 458. The molecule has 5 heteroatoms. The fraction of sp³-hybridized carbons (Fsp3) is 0.200. The maximum atomic E-state index is 5.33. The molecule has 0 bridgehead atoms. The van der Waals surface area contributed by atoms with E-state index in [1.165, 1.54) is 0 Å². The van der Waals surface area contributed by atoms with Crippen LogP contribution in [0.3, 0.4) is 0 Å². The maximum absolute atomic E-state index is 5.33. The van der Waals surface area contributed by atoms with Crippen LogP contribution < -0.4 is 11.1 Å². The normalized spacial score (nSPS) is 10.3. The number of benzene rings is 1. The fourth-order valence-corrected chi connectivity index (χ4v) is 1.40. The van der Waals surface area contributed by atoms with E-state index in [1.54, 1.807) is 0 Å². The number of para-hydroxylation sites is 1. The highest BCUT2D eigenvalue weighted by atomic mass is 16.4. The monoisotopic (exact) mass is 204 g/mol. The minimum absolute atomic E-state index is 0.0590. The minimum Gasteiger partial charge on any atom is -0.389 e. The highest BCUT2D eigenvalue weighted by Gasteiger charge is 2.06. The van der Waals surface area contributed by atoms with E-state index in [1.807, 2.05) is 32.0 Å². The first kappa shape index (κ1) is 9.51. The number of rotatable bonds is 2. The molecule has 0 amide bonds. The lowest BCUT2D eigenvalue weighted by atomic mass is 10.1. The van der Waals surface area contributed by atoms with Gasteiger partial charge in [-0.2, -0.15) is 0 Å². The highest BCUT2D eigenvalue weighted by Crippen LogP contribution is 2.23. The van der Waals surface area contributed by atoms with Crippen molar-refractivity contribution in [3.05, 3.63) is 29.3 Å². The Morgan fingerprint density at radius 1 is 1.20 bits per heavy atom. The quantitative estimate of drug-likeness (QED) is 0.782. The van der Waals surface area contributed by atoms with E-state index in [2.05, 4.69) is 15.5 Å². The third-order valence-corrected chi connectivity index (χ3v) is 2.15. The van der Waals surface area contributed by atoms with E-state index in [0.29, 0.717) is 6.01 Å². The number of nitrogen functional groups attached to an aromatic ring is 1. The second-order valence-corrected chi connectivity index (χ2v) is 3.34. The molecule has 1 aromatic heterocycles. The molecule has 2 aromatic rings. The average molecular weight is 204 g/mol. The largest absolute Gasteiger partial charge is 0.389 e. The Labute approximate surface area is 87.3 Å². The molecule has 0 spiro atoms. The minimum atomic E-state index is 0.0590. The molecule has 0 saturated carbocycles. The van der Waals surface area contributed by atoms with Crippen LogP contribution in [0.25, 0.3) is 0 Å². The molecule has 0 aliphatic carbocycles. The fourth-order valence-electron chi connectivity index (χ4n) is 1.40. The number of nitrogens with two attached hydrogens (primary N) is 1. The number of aryl methyl sites for hydroxylation is 2. The molecule has 3 N–H and O–H groups in total. The summed E-state index contributed by atoms with van der Waals surface area (Å²) in [6, 6.07) is 6.39. The van der Waals surface area contributed by atoms with Gasteiger partial charge in [-0.1, -0.05) is 28.4 Å². The van der Waals surface area contributed by atoms with Crippen molar-refractivity contribution in [1.82, 2.24) is 10.2 Å². The zero-order valence-corrected chi connectivity index (χ0v) is 8.61. The van der Waals surface area contributed by atoms with Gasteiger partial charge in [-0.05, 0) is 25.0 Å². The molecule has 0 fully saturated rings. The number of nitrogens with zero attached hydrogens (tertiary/aromatic N) is 2. The van der Waals surface area contributed by atoms with Crippen molar-refractivity contribution >= 4 is 17.7 Å². The van der Waals surface area contributed by atoms with E-state index in [0.717, 1.165) is 16.8 Å². The van der Waals surface area contributed by atoms with Gasteiger partial charge in [-0.3, -0.25) is 0 Å². The molecule has 1 heterocycles. The Morgan fingerprint density at radius 3 is 2.40 bits per heavy atom. The topological polar surface area (TPSA) is 77.0 Å². The summed E-state index contributed by atoms with van der Waals surface area (Å²) in [7, 11) is 0. The number of hydrogen-bond donors (Lipinski definition) is 2. The van der Waals surface area contributed by atoms with Crippen molar-refractivity contribution in [1.29, 1.82) is 0 Å². The smallest absolute Gasteiger partial charge is 0.321 e.